The van der Waals surface area contributed by atoms with Gasteiger partial charge in [0.2, 0.25) is 0 Å². The Labute approximate surface area is 82.5 Å². The van der Waals surface area contributed by atoms with Crippen LogP contribution in [0.3, 0.4) is 0 Å². The van der Waals surface area contributed by atoms with Crippen molar-refractivity contribution in [2.75, 3.05) is 0 Å². The molecule has 66 valence electrons. The monoisotopic (exact) mass is 239 g/mol. The van der Waals surface area contributed by atoms with Crippen molar-refractivity contribution >= 4 is 33.1 Å². The highest BCUT2D eigenvalue weighted by Gasteiger charge is 2.08. The highest BCUT2D eigenvalue weighted by molar-refractivity contribution is 9.10. The van der Waals surface area contributed by atoms with Crippen LogP contribution in [0.4, 0.5) is 0 Å². The van der Waals surface area contributed by atoms with E-state index in [1.807, 2.05) is 0 Å². The summed E-state index contributed by atoms with van der Waals surface area (Å²) in [5, 5.41) is 10.1. The number of benzene rings is 1. The third-order valence-electron chi connectivity index (χ3n) is 1.93. The van der Waals surface area contributed by atoms with Crippen molar-refractivity contribution in [3.05, 3.63) is 28.4 Å². The maximum absolute atomic E-state index is 10.6. The lowest BCUT2D eigenvalue weighted by Gasteiger charge is -1.97. The van der Waals surface area contributed by atoms with E-state index in [9.17, 15) is 9.90 Å². The molecule has 0 aliphatic heterocycles. The predicted molar refractivity (Wildman–Crippen MR) is 53.1 cm³/mol. The van der Waals surface area contributed by atoms with Crippen molar-refractivity contribution in [3.8, 4) is 5.75 Å². The lowest BCUT2D eigenvalue weighted by Crippen LogP contribution is -1.75. The summed E-state index contributed by atoms with van der Waals surface area (Å²) < 4.78 is 0.582. The number of phenolic OH excluding ortho intramolecular Hbond substituents is 1. The number of hydrogen-bond donors (Lipinski definition) is 2. The zero-order valence-electron chi connectivity index (χ0n) is 6.54. The third-order valence-corrected chi connectivity index (χ3v) is 2.73. The number of aromatic hydroxyl groups is 1. The van der Waals surface area contributed by atoms with Crippen molar-refractivity contribution in [2.24, 2.45) is 0 Å². The van der Waals surface area contributed by atoms with Gasteiger partial charge < -0.3 is 10.1 Å². The normalized spacial score (nSPS) is 10.5. The second-order valence-electron chi connectivity index (χ2n) is 2.68. The quantitative estimate of drug-likeness (QED) is 0.752. The number of aromatic amines is 1. The average molecular weight is 240 g/mol. The summed E-state index contributed by atoms with van der Waals surface area (Å²) in [7, 11) is 0. The molecular formula is C9H6BrNO2. The Balaban J connectivity index is 2.88. The summed E-state index contributed by atoms with van der Waals surface area (Å²) in [5.74, 6) is 0.159. The number of aromatic nitrogens is 1. The fraction of sp³-hybridized carbons (Fsp3) is 0. The molecule has 0 saturated carbocycles. The Bertz CT molecular complexity index is 476. The Kier molecular flexibility index (Phi) is 1.84. The van der Waals surface area contributed by atoms with Crippen LogP contribution in [0.2, 0.25) is 0 Å². The molecule has 2 rings (SSSR count). The highest BCUT2D eigenvalue weighted by atomic mass is 79.9. The molecule has 0 aliphatic rings. The number of phenols is 1. The number of carbonyl (C=O) groups is 1. The van der Waals surface area contributed by atoms with Crippen LogP contribution in [-0.2, 0) is 0 Å². The van der Waals surface area contributed by atoms with E-state index in [0.29, 0.717) is 10.0 Å². The molecule has 0 bridgehead atoms. The molecule has 0 fully saturated rings. The molecule has 1 heterocycles. The first-order chi connectivity index (χ1) is 6.24. The topological polar surface area (TPSA) is 53.1 Å². The molecule has 2 aromatic rings. The van der Waals surface area contributed by atoms with Crippen LogP contribution in [0, 0.1) is 0 Å². The Morgan fingerprint density at radius 1 is 1.46 bits per heavy atom. The van der Waals surface area contributed by atoms with Crippen LogP contribution in [0.1, 0.15) is 10.4 Å². The predicted octanol–water partition coefficient (Wildman–Crippen LogP) is 2.45. The molecule has 0 aliphatic carbocycles. The van der Waals surface area contributed by atoms with E-state index in [1.165, 1.54) is 0 Å². The van der Waals surface area contributed by atoms with Crippen LogP contribution in [0.5, 0.6) is 5.75 Å². The first kappa shape index (κ1) is 8.31. The molecule has 4 heteroatoms. The van der Waals surface area contributed by atoms with Gasteiger partial charge in [-0.15, -0.1) is 0 Å². The Morgan fingerprint density at radius 3 is 2.92 bits per heavy atom. The maximum Gasteiger partial charge on any atom is 0.152 e. The summed E-state index contributed by atoms with van der Waals surface area (Å²) in [4.78, 5) is 13.5. The van der Waals surface area contributed by atoms with E-state index in [2.05, 4.69) is 20.9 Å². The molecule has 1 aromatic carbocycles. The van der Waals surface area contributed by atoms with Gasteiger partial charge in [0.1, 0.15) is 5.75 Å². The molecule has 0 spiro atoms. The van der Waals surface area contributed by atoms with Gasteiger partial charge in [0.15, 0.2) is 6.29 Å². The van der Waals surface area contributed by atoms with E-state index in [0.717, 1.165) is 17.2 Å². The fourth-order valence-corrected chi connectivity index (χ4v) is 1.73. The largest absolute Gasteiger partial charge is 0.507 e. The van der Waals surface area contributed by atoms with E-state index in [4.69, 9.17) is 0 Å². The van der Waals surface area contributed by atoms with Gasteiger partial charge in [0, 0.05) is 17.1 Å². The van der Waals surface area contributed by atoms with Gasteiger partial charge in [-0.3, -0.25) is 4.79 Å². The lowest BCUT2D eigenvalue weighted by molar-refractivity contribution is 0.112. The minimum absolute atomic E-state index is 0.159. The second-order valence-corrected chi connectivity index (χ2v) is 3.48. The van der Waals surface area contributed by atoms with E-state index < -0.39 is 0 Å². The van der Waals surface area contributed by atoms with Gasteiger partial charge in [-0.2, -0.15) is 0 Å². The summed E-state index contributed by atoms with van der Waals surface area (Å²) in [5.41, 5.74) is 1.33. The van der Waals surface area contributed by atoms with Crippen molar-refractivity contribution in [2.45, 2.75) is 0 Å². The van der Waals surface area contributed by atoms with Gasteiger partial charge in [-0.25, -0.2) is 0 Å². The second kappa shape index (κ2) is 2.88. The number of H-pyrrole nitrogens is 1. The van der Waals surface area contributed by atoms with Gasteiger partial charge in [-0.05, 0) is 28.1 Å². The Morgan fingerprint density at radius 2 is 2.23 bits per heavy atom. The zero-order valence-corrected chi connectivity index (χ0v) is 8.13. The molecule has 0 atom stereocenters. The summed E-state index contributed by atoms with van der Waals surface area (Å²) in [6.45, 7) is 0. The fourth-order valence-electron chi connectivity index (χ4n) is 1.27. The molecule has 2 N–H and O–H groups in total. The number of nitrogens with one attached hydrogen (secondary N) is 1. The summed E-state index contributed by atoms with van der Waals surface area (Å²) >= 11 is 3.23. The zero-order chi connectivity index (χ0) is 9.42. The molecule has 0 radical (unpaired) electrons. The SMILES string of the molecule is O=Cc1c[nH]c2c(Br)c(O)ccc12. The lowest BCUT2D eigenvalue weighted by atomic mass is 10.2. The van der Waals surface area contributed by atoms with E-state index in [-0.39, 0.29) is 5.75 Å². The van der Waals surface area contributed by atoms with E-state index >= 15 is 0 Å². The van der Waals surface area contributed by atoms with Crippen molar-refractivity contribution in [1.29, 1.82) is 0 Å². The molecule has 3 nitrogen and oxygen atoms in total. The van der Waals surface area contributed by atoms with Crippen molar-refractivity contribution in [1.82, 2.24) is 4.98 Å². The minimum atomic E-state index is 0.159. The summed E-state index contributed by atoms with van der Waals surface area (Å²) in [6.07, 6.45) is 2.39. The van der Waals surface area contributed by atoms with Crippen LogP contribution in [-0.4, -0.2) is 16.4 Å². The minimum Gasteiger partial charge on any atom is -0.507 e. The molecule has 13 heavy (non-hydrogen) atoms. The van der Waals surface area contributed by atoms with Crippen molar-refractivity contribution in [3.63, 3.8) is 0 Å². The van der Waals surface area contributed by atoms with Gasteiger partial charge in [0.25, 0.3) is 0 Å². The maximum atomic E-state index is 10.6. The third kappa shape index (κ3) is 1.14. The van der Waals surface area contributed by atoms with Gasteiger partial charge in [-0.1, -0.05) is 0 Å². The average Bonchev–Trinajstić information content (AvgIpc) is 2.55. The number of carbonyl (C=O) groups excluding carboxylic acids is 1. The Hall–Kier alpha value is -1.29. The number of halogens is 1. The molecule has 1 aromatic heterocycles. The van der Waals surface area contributed by atoms with Gasteiger partial charge in [0.05, 0.1) is 9.99 Å². The van der Waals surface area contributed by atoms with Crippen LogP contribution < -0.4 is 0 Å². The number of rotatable bonds is 1. The first-order valence-corrected chi connectivity index (χ1v) is 4.47. The number of hydrogen-bond acceptors (Lipinski definition) is 2. The van der Waals surface area contributed by atoms with Crippen LogP contribution in [0.25, 0.3) is 10.9 Å². The smallest absolute Gasteiger partial charge is 0.152 e. The van der Waals surface area contributed by atoms with Gasteiger partial charge >= 0.3 is 0 Å². The molecular weight excluding hydrogens is 234 g/mol. The van der Waals surface area contributed by atoms with Crippen molar-refractivity contribution < 1.29 is 9.90 Å². The van der Waals surface area contributed by atoms with Crippen LogP contribution in [0.15, 0.2) is 22.8 Å². The summed E-state index contributed by atoms with van der Waals surface area (Å²) in [6, 6.07) is 3.25. The highest BCUT2D eigenvalue weighted by Crippen LogP contribution is 2.32. The number of fused-ring (bicyclic) bond motifs is 1. The number of aldehydes is 1. The molecule has 0 saturated heterocycles. The first-order valence-electron chi connectivity index (χ1n) is 3.68. The molecule has 0 unspecified atom stereocenters. The van der Waals surface area contributed by atoms with Crippen LogP contribution >= 0.6 is 15.9 Å². The molecule has 0 amide bonds. The standard InChI is InChI=1S/C9H6BrNO2/c10-8-7(13)2-1-6-5(4-12)3-11-9(6)8/h1-4,11,13H. The van der Waals surface area contributed by atoms with E-state index in [1.54, 1.807) is 18.3 Å².